The lowest BCUT2D eigenvalue weighted by atomic mass is 10.0. The number of likely N-dealkylation sites (tertiary alicyclic amines) is 1. The molecule has 1 saturated heterocycles. The van der Waals surface area contributed by atoms with E-state index in [0.29, 0.717) is 19.3 Å². The average molecular weight is 352 g/mol. The molecule has 1 fully saturated rings. The summed E-state index contributed by atoms with van der Waals surface area (Å²) in [6.07, 6.45) is 5.84. The monoisotopic (exact) mass is 352 g/mol. The van der Waals surface area contributed by atoms with Gasteiger partial charge in [-0.1, -0.05) is 19.8 Å². The van der Waals surface area contributed by atoms with Crippen molar-refractivity contribution in [3.05, 3.63) is 0 Å². The number of nitrogens with one attached hydrogen (secondary N) is 1. The van der Waals surface area contributed by atoms with Gasteiger partial charge >= 0.3 is 12.1 Å². The number of hydrogen-bond donors (Lipinski definition) is 2. The van der Waals surface area contributed by atoms with Crippen molar-refractivity contribution in [2.45, 2.75) is 77.6 Å². The highest BCUT2D eigenvalue weighted by molar-refractivity contribution is 5.90. The Balaban J connectivity index is 3.00. The molecule has 0 bridgehead atoms. The van der Waals surface area contributed by atoms with Gasteiger partial charge in [0.25, 0.3) is 0 Å². The van der Waals surface area contributed by atoms with Gasteiger partial charge in [0.1, 0.15) is 17.7 Å². The van der Waals surface area contributed by atoms with E-state index in [4.69, 9.17) is 11.2 Å². The highest BCUT2D eigenvalue weighted by Crippen LogP contribution is 2.26. The van der Waals surface area contributed by atoms with Crippen LogP contribution in [-0.2, 0) is 14.3 Å². The number of carbonyl (C=O) groups excluding carboxylic acids is 2. The van der Waals surface area contributed by atoms with Crippen molar-refractivity contribution in [2.75, 3.05) is 0 Å². The van der Waals surface area contributed by atoms with Gasteiger partial charge in [-0.25, -0.2) is 9.59 Å². The minimum absolute atomic E-state index is 0.110. The Morgan fingerprint density at radius 2 is 1.92 bits per heavy atom. The summed E-state index contributed by atoms with van der Waals surface area (Å²) in [5, 5.41) is 11.9. The fourth-order valence-electron chi connectivity index (χ4n) is 2.85. The number of carboxylic acid groups (broad SMARTS) is 1. The molecule has 0 radical (unpaired) electrons. The van der Waals surface area contributed by atoms with Crippen molar-refractivity contribution in [2.24, 2.45) is 5.92 Å². The molecule has 3 atom stereocenters. The number of aliphatic carboxylic acids is 1. The van der Waals surface area contributed by atoms with E-state index in [0.717, 1.165) is 0 Å². The molecule has 1 aliphatic rings. The van der Waals surface area contributed by atoms with Crippen LogP contribution in [0.15, 0.2) is 0 Å². The van der Waals surface area contributed by atoms with Crippen LogP contribution in [-0.4, -0.2) is 51.7 Å². The second kappa shape index (κ2) is 8.24. The summed E-state index contributed by atoms with van der Waals surface area (Å²) >= 11 is 0. The Morgan fingerprint density at radius 1 is 1.32 bits per heavy atom. The largest absolute Gasteiger partial charge is 0.480 e. The number of amides is 2. The van der Waals surface area contributed by atoms with Crippen LogP contribution in [0.25, 0.3) is 0 Å². The molecule has 0 aliphatic carbocycles. The summed E-state index contributed by atoms with van der Waals surface area (Å²) in [6.45, 7) is 8.99. The smallest absolute Gasteiger partial charge is 0.408 e. The first-order chi connectivity index (χ1) is 11.5. The van der Waals surface area contributed by atoms with Gasteiger partial charge in [0.2, 0.25) is 5.91 Å². The number of ether oxygens (including phenoxy) is 1. The van der Waals surface area contributed by atoms with Crippen LogP contribution in [0, 0.1) is 18.3 Å². The number of rotatable bonds is 5. The molecule has 0 aromatic carbocycles. The van der Waals surface area contributed by atoms with Crippen LogP contribution in [0.4, 0.5) is 4.79 Å². The third-order valence-electron chi connectivity index (χ3n) is 3.81. The maximum absolute atomic E-state index is 13.0. The van der Waals surface area contributed by atoms with Crippen molar-refractivity contribution in [1.29, 1.82) is 0 Å². The molecule has 1 heterocycles. The van der Waals surface area contributed by atoms with Gasteiger partial charge in [-0.2, -0.15) is 0 Å². The first-order valence-corrected chi connectivity index (χ1v) is 8.47. The van der Waals surface area contributed by atoms with Crippen molar-refractivity contribution in [3.63, 3.8) is 0 Å². The molecule has 7 heteroatoms. The van der Waals surface area contributed by atoms with Crippen LogP contribution in [0.5, 0.6) is 0 Å². The summed E-state index contributed by atoms with van der Waals surface area (Å²) < 4.78 is 5.21. The standard InChI is InChI=1S/C18H28N2O5/c1-7-12-8-9-14(16(22)23)20(12)15(21)13(10-11(2)3)19-17(24)25-18(4,5)6/h1,11-14H,8-10H2,2-6H3,(H,19,24)(H,22,23)/t12-,13?,14-/m0/s1. The molecule has 7 nitrogen and oxygen atoms in total. The van der Waals surface area contributed by atoms with E-state index in [9.17, 15) is 19.5 Å². The number of carboxylic acids is 1. The SMILES string of the molecule is C#C[C@H]1CC[C@@H](C(=O)O)N1C(=O)C(CC(C)C)NC(=O)OC(C)(C)C. The molecular weight excluding hydrogens is 324 g/mol. The van der Waals surface area contributed by atoms with E-state index in [1.165, 1.54) is 4.90 Å². The molecule has 0 spiro atoms. The summed E-state index contributed by atoms with van der Waals surface area (Å²) in [5.41, 5.74) is -0.700. The van der Waals surface area contributed by atoms with Crippen molar-refractivity contribution in [3.8, 4) is 12.3 Å². The zero-order valence-electron chi connectivity index (χ0n) is 15.5. The predicted octanol–water partition coefficient (Wildman–Crippen LogP) is 2.00. The van der Waals surface area contributed by atoms with Gasteiger partial charge in [0, 0.05) is 0 Å². The van der Waals surface area contributed by atoms with Crippen molar-refractivity contribution >= 4 is 18.0 Å². The van der Waals surface area contributed by atoms with Crippen molar-refractivity contribution in [1.82, 2.24) is 10.2 Å². The van der Waals surface area contributed by atoms with Gasteiger partial charge in [-0.05, 0) is 46.0 Å². The summed E-state index contributed by atoms with van der Waals surface area (Å²) in [6, 6.07) is -2.43. The fraction of sp³-hybridized carbons (Fsp3) is 0.722. The molecule has 2 N–H and O–H groups in total. The van der Waals surface area contributed by atoms with E-state index in [2.05, 4.69) is 11.2 Å². The number of terminal acetylenes is 1. The summed E-state index contributed by atoms with van der Waals surface area (Å²) in [5.74, 6) is 1.02. The molecular formula is C18H28N2O5. The molecule has 1 rings (SSSR count). The lowest BCUT2D eigenvalue weighted by molar-refractivity contribution is -0.150. The fourth-order valence-corrected chi connectivity index (χ4v) is 2.85. The maximum atomic E-state index is 13.0. The Morgan fingerprint density at radius 3 is 2.36 bits per heavy atom. The topological polar surface area (TPSA) is 95.9 Å². The van der Waals surface area contributed by atoms with Gasteiger partial charge in [0.15, 0.2) is 0 Å². The highest BCUT2D eigenvalue weighted by atomic mass is 16.6. The molecule has 0 aromatic heterocycles. The van der Waals surface area contributed by atoms with Crippen LogP contribution in [0.2, 0.25) is 0 Å². The number of nitrogens with zero attached hydrogens (tertiary/aromatic N) is 1. The second-order valence-electron chi connectivity index (χ2n) is 7.69. The molecule has 0 aromatic rings. The first-order valence-electron chi connectivity index (χ1n) is 8.47. The minimum atomic E-state index is -1.09. The lowest BCUT2D eigenvalue weighted by Crippen LogP contribution is -2.54. The average Bonchev–Trinajstić information content (AvgIpc) is 2.87. The van der Waals surface area contributed by atoms with E-state index >= 15 is 0 Å². The molecule has 0 saturated carbocycles. The predicted molar refractivity (Wildman–Crippen MR) is 92.7 cm³/mol. The molecule has 25 heavy (non-hydrogen) atoms. The molecule has 2 amide bonds. The van der Waals surface area contributed by atoms with E-state index in [1.807, 2.05) is 13.8 Å². The quantitative estimate of drug-likeness (QED) is 0.738. The van der Waals surface area contributed by atoms with E-state index in [1.54, 1.807) is 20.8 Å². The first kappa shape index (κ1) is 20.8. The van der Waals surface area contributed by atoms with Crippen molar-refractivity contribution < 1.29 is 24.2 Å². The Kier molecular flexibility index (Phi) is 6.86. The van der Waals surface area contributed by atoms with Gasteiger partial charge in [-0.15, -0.1) is 6.42 Å². The zero-order chi connectivity index (χ0) is 19.4. The highest BCUT2D eigenvalue weighted by Gasteiger charge is 2.43. The van der Waals surface area contributed by atoms with Crippen LogP contribution < -0.4 is 5.32 Å². The summed E-state index contributed by atoms with van der Waals surface area (Å²) in [7, 11) is 0. The zero-order valence-corrected chi connectivity index (χ0v) is 15.5. The lowest BCUT2D eigenvalue weighted by Gasteiger charge is -2.31. The van der Waals surface area contributed by atoms with E-state index < -0.39 is 41.7 Å². The number of hydrogen-bond acceptors (Lipinski definition) is 4. The molecule has 140 valence electrons. The van der Waals surface area contributed by atoms with E-state index in [-0.39, 0.29) is 5.92 Å². The third kappa shape index (κ3) is 5.96. The molecule has 1 aliphatic heterocycles. The Hall–Kier alpha value is -2.23. The second-order valence-corrected chi connectivity index (χ2v) is 7.69. The van der Waals surface area contributed by atoms with Gasteiger partial charge in [0.05, 0.1) is 6.04 Å². The van der Waals surface area contributed by atoms with Crippen LogP contribution in [0.3, 0.4) is 0 Å². The summed E-state index contributed by atoms with van der Waals surface area (Å²) in [4.78, 5) is 37.7. The third-order valence-corrected chi connectivity index (χ3v) is 3.81. The Labute approximate surface area is 149 Å². The van der Waals surface area contributed by atoms with Crippen LogP contribution in [0.1, 0.15) is 53.9 Å². The van der Waals surface area contributed by atoms with Crippen LogP contribution >= 0.6 is 0 Å². The van der Waals surface area contributed by atoms with Gasteiger partial charge in [-0.3, -0.25) is 4.79 Å². The Bertz CT molecular complexity index is 559. The normalized spacial score (nSPS) is 21.6. The number of carbonyl (C=O) groups is 3. The minimum Gasteiger partial charge on any atom is -0.480 e. The van der Waals surface area contributed by atoms with Gasteiger partial charge < -0.3 is 20.1 Å². The molecule has 1 unspecified atom stereocenters. The maximum Gasteiger partial charge on any atom is 0.408 e. The number of alkyl carbamates (subject to hydrolysis) is 1.